The Balaban J connectivity index is 2.23. The van der Waals surface area contributed by atoms with Gasteiger partial charge < -0.3 is 9.47 Å². The Morgan fingerprint density at radius 2 is 2.00 bits per heavy atom. The third-order valence-electron chi connectivity index (χ3n) is 3.53. The molecule has 20 heavy (non-hydrogen) atoms. The van der Waals surface area contributed by atoms with Crippen LogP contribution in [0.3, 0.4) is 0 Å². The van der Waals surface area contributed by atoms with Crippen LogP contribution in [-0.2, 0) is 0 Å². The molecule has 0 radical (unpaired) electrons. The number of halogens is 3. The summed E-state index contributed by atoms with van der Waals surface area (Å²) in [6, 6.07) is 4.65. The number of hydrogen-bond donors (Lipinski definition) is 0. The average Bonchev–Trinajstić information content (AvgIpc) is 3.16. The zero-order valence-electron chi connectivity index (χ0n) is 11.2. The Kier molecular flexibility index (Phi) is 3.67. The van der Waals surface area contributed by atoms with Gasteiger partial charge in [0.1, 0.15) is 12.0 Å². The molecule has 0 N–H and O–H groups in total. The average molecular weight is 288 g/mol. The summed E-state index contributed by atoms with van der Waals surface area (Å²) in [5.74, 6) is 0.0597. The molecule has 1 aliphatic rings. The molecular weight excluding hydrogens is 273 g/mol. The highest BCUT2D eigenvalue weighted by atomic mass is 19.4. The topological polar surface area (TPSA) is 35.5 Å². The molecule has 1 aliphatic carbocycles. The number of ketones is 1. The number of hydrogen-bond acceptors (Lipinski definition) is 3. The van der Waals surface area contributed by atoms with Crippen LogP contribution >= 0.6 is 0 Å². The van der Waals surface area contributed by atoms with Crippen molar-refractivity contribution in [3.8, 4) is 11.5 Å². The van der Waals surface area contributed by atoms with Crippen LogP contribution in [0.2, 0.25) is 0 Å². The van der Waals surface area contributed by atoms with Crippen LogP contribution in [-0.4, -0.2) is 25.7 Å². The van der Waals surface area contributed by atoms with Gasteiger partial charge in [-0.1, -0.05) is 6.07 Å². The minimum absolute atomic E-state index is 0.0566. The number of ether oxygens (including phenoxy) is 2. The summed E-state index contributed by atoms with van der Waals surface area (Å²) >= 11 is 0. The molecular formula is C14H15F3O3. The molecule has 0 bridgehead atoms. The van der Waals surface area contributed by atoms with E-state index >= 15 is 0 Å². The molecule has 1 saturated carbocycles. The van der Waals surface area contributed by atoms with Crippen molar-refractivity contribution in [3.05, 3.63) is 23.8 Å². The van der Waals surface area contributed by atoms with Gasteiger partial charge in [-0.05, 0) is 31.9 Å². The van der Waals surface area contributed by atoms with Crippen LogP contribution in [0.1, 0.15) is 30.1 Å². The normalized spacial score (nSPS) is 16.6. The molecule has 1 aromatic rings. The third kappa shape index (κ3) is 2.59. The molecule has 2 rings (SSSR count). The minimum Gasteiger partial charge on any atom is -0.493 e. The lowest BCUT2D eigenvalue weighted by Gasteiger charge is -2.21. The summed E-state index contributed by atoms with van der Waals surface area (Å²) in [7, 11) is 1.38. The molecule has 0 saturated heterocycles. The van der Waals surface area contributed by atoms with Gasteiger partial charge in [-0.25, -0.2) is 0 Å². The maximum absolute atomic E-state index is 12.9. The van der Waals surface area contributed by atoms with E-state index in [1.807, 2.05) is 0 Å². The van der Waals surface area contributed by atoms with Crippen LogP contribution in [0, 0.1) is 5.41 Å². The van der Waals surface area contributed by atoms with E-state index in [0.29, 0.717) is 0 Å². The highest BCUT2D eigenvalue weighted by Crippen LogP contribution is 2.57. The predicted molar refractivity (Wildman–Crippen MR) is 66.2 cm³/mol. The predicted octanol–water partition coefficient (Wildman–Crippen LogP) is 3.62. The number of para-hydroxylation sites is 1. The van der Waals surface area contributed by atoms with Crippen LogP contribution in [0.5, 0.6) is 11.5 Å². The number of methoxy groups -OCH3 is 1. The molecule has 0 atom stereocenters. The van der Waals surface area contributed by atoms with Crippen molar-refractivity contribution in [3.63, 3.8) is 0 Å². The fourth-order valence-corrected chi connectivity index (χ4v) is 1.97. The van der Waals surface area contributed by atoms with Crippen molar-refractivity contribution < 1.29 is 27.4 Å². The van der Waals surface area contributed by atoms with Gasteiger partial charge in [0.25, 0.3) is 0 Å². The van der Waals surface area contributed by atoms with E-state index < -0.39 is 18.2 Å². The summed E-state index contributed by atoms with van der Waals surface area (Å²) < 4.78 is 48.9. The molecule has 0 unspecified atom stereocenters. The largest absolute Gasteiger partial charge is 0.493 e. The molecule has 110 valence electrons. The summed E-state index contributed by atoms with van der Waals surface area (Å²) in [6.07, 6.45) is -4.17. The van der Waals surface area contributed by atoms with Gasteiger partial charge >= 0.3 is 6.18 Å². The molecule has 6 heteroatoms. The molecule has 0 aliphatic heterocycles. The molecule has 0 heterocycles. The maximum Gasteiger partial charge on any atom is 0.397 e. The first kappa shape index (κ1) is 14.7. The zero-order valence-corrected chi connectivity index (χ0v) is 11.2. The Morgan fingerprint density at radius 1 is 1.35 bits per heavy atom. The van der Waals surface area contributed by atoms with Crippen molar-refractivity contribution in [2.75, 3.05) is 13.7 Å². The third-order valence-corrected chi connectivity index (χ3v) is 3.53. The number of carbonyl (C=O) groups is 1. The first-order valence-electron chi connectivity index (χ1n) is 6.18. The molecule has 3 nitrogen and oxygen atoms in total. The van der Waals surface area contributed by atoms with Crippen LogP contribution < -0.4 is 9.47 Å². The highest BCUT2D eigenvalue weighted by Gasteiger charge is 2.64. The quantitative estimate of drug-likeness (QED) is 0.776. The van der Waals surface area contributed by atoms with Crippen LogP contribution in [0.25, 0.3) is 0 Å². The number of carbonyl (C=O) groups excluding carboxylic acids is 1. The second-order valence-corrected chi connectivity index (χ2v) is 4.96. The minimum atomic E-state index is -4.29. The number of Topliss-reactive ketones (excluding diaryl/α,β-unsaturated/α-hetero) is 1. The lowest BCUT2D eigenvalue weighted by molar-refractivity contribution is -0.194. The number of benzene rings is 1. The van der Waals surface area contributed by atoms with E-state index in [4.69, 9.17) is 9.47 Å². The summed E-state index contributed by atoms with van der Waals surface area (Å²) in [6.45, 7) is 0.843. The zero-order chi connectivity index (χ0) is 15.0. The SMILES string of the molecule is COc1cccc(C(C)=O)c1OCC1(C(F)(F)F)CC1. The Morgan fingerprint density at radius 3 is 2.45 bits per heavy atom. The van der Waals surface area contributed by atoms with Gasteiger partial charge in [0.05, 0.1) is 12.7 Å². The first-order valence-corrected chi connectivity index (χ1v) is 6.18. The van der Waals surface area contributed by atoms with Crippen LogP contribution in [0.4, 0.5) is 13.2 Å². The maximum atomic E-state index is 12.9. The van der Waals surface area contributed by atoms with Crippen molar-refractivity contribution in [2.45, 2.75) is 25.9 Å². The van der Waals surface area contributed by atoms with Gasteiger partial charge in [0.15, 0.2) is 17.3 Å². The molecule has 1 aromatic carbocycles. The molecule has 0 aromatic heterocycles. The van der Waals surface area contributed by atoms with E-state index in [1.54, 1.807) is 12.1 Å². The second-order valence-electron chi connectivity index (χ2n) is 4.96. The van der Waals surface area contributed by atoms with Crippen molar-refractivity contribution in [1.82, 2.24) is 0 Å². The number of alkyl halides is 3. The fourth-order valence-electron chi connectivity index (χ4n) is 1.97. The van der Waals surface area contributed by atoms with Crippen molar-refractivity contribution >= 4 is 5.78 Å². The molecule has 1 fully saturated rings. The Hall–Kier alpha value is -1.72. The fraction of sp³-hybridized carbons (Fsp3) is 0.500. The van der Waals surface area contributed by atoms with Gasteiger partial charge in [0, 0.05) is 0 Å². The summed E-state index contributed by atoms with van der Waals surface area (Å²) in [5.41, 5.74) is -1.55. The second kappa shape index (κ2) is 5.00. The van der Waals surface area contributed by atoms with Gasteiger partial charge in [-0.3, -0.25) is 4.79 Å². The van der Waals surface area contributed by atoms with Crippen molar-refractivity contribution in [1.29, 1.82) is 0 Å². The monoisotopic (exact) mass is 288 g/mol. The van der Waals surface area contributed by atoms with E-state index in [0.717, 1.165) is 0 Å². The van der Waals surface area contributed by atoms with Gasteiger partial charge in [-0.2, -0.15) is 13.2 Å². The smallest absolute Gasteiger partial charge is 0.397 e. The molecule has 0 amide bonds. The van der Waals surface area contributed by atoms with E-state index in [-0.39, 0.29) is 35.7 Å². The summed E-state index contributed by atoms with van der Waals surface area (Å²) in [5, 5.41) is 0. The lowest BCUT2D eigenvalue weighted by Crippen LogP contribution is -2.30. The van der Waals surface area contributed by atoms with E-state index in [2.05, 4.69) is 0 Å². The Labute approximate surface area is 114 Å². The molecule has 0 spiro atoms. The number of rotatable bonds is 5. The van der Waals surface area contributed by atoms with Gasteiger partial charge in [0.2, 0.25) is 0 Å². The van der Waals surface area contributed by atoms with Gasteiger partial charge in [-0.15, -0.1) is 0 Å². The standard InChI is InChI=1S/C14H15F3O3/c1-9(18)10-4-3-5-11(19-2)12(10)20-8-13(6-7-13)14(15,16)17/h3-5H,6-8H2,1-2H3. The van der Waals surface area contributed by atoms with E-state index in [1.165, 1.54) is 20.1 Å². The highest BCUT2D eigenvalue weighted by molar-refractivity contribution is 5.97. The van der Waals surface area contributed by atoms with Crippen LogP contribution in [0.15, 0.2) is 18.2 Å². The van der Waals surface area contributed by atoms with Crippen molar-refractivity contribution in [2.24, 2.45) is 5.41 Å². The lowest BCUT2D eigenvalue weighted by atomic mass is 10.1. The summed E-state index contributed by atoms with van der Waals surface area (Å²) in [4.78, 5) is 11.5. The first-order chi connectivity index (χ1) is 9.31. The van der Waals surface area contributed by atoms with E-state index in [9.17, 15) is 18.0 Å². The Bertz CT molecular complexity index is 519.